The van der Waals surface area contributed by atoms with Crippen LogP contribution < -0.4 is 21.5 Å². The van der Waals surface area contributed by atoms with Crippen LogP contribution in [-0.4, -0.2) is 73.2 Å². The molecule has 3 N–H and O–H groups in total. The van der Waals surface area contributed by atoms with Crippen molar-refractivity contribution in [2.75, 3.05) is 30.8 Å². The third kappa shape index (κ3) is 4.21. The molecule has 38 heavy (non-hydrogen) atoms. The van der Waals surface area contributed by atoms with Crippen molar-refractivity contribution in [1.29, 1.82) is 0 Å². The summed E-state index contributed by atoms with van der Waals surface area (Å²) in [5, 5.41) is 13.1. The van der Waals surface area contributed by atoms with Crippen LogP contribution in [0, 0.1) is 0 Å². The Bertz CT molecular complexity index is 1610. The molecule has 2 atom stereocenters. The normalized spacial score (nSPS) is 18.1. The number of nitrogens with one attached hydrogen (secondary N) is 3. The molecule has 13 heteroatoms. The number of alkyl halides is 1. The lowest BCUT2D eigenvalue weighted by atomic mass is 10.1. The Balaban J connectivity index is 1.29. The maximum Gasteiger partial charge on any atom is 0.279 e. The number of amides is 2. The number of hydrogen-bond donors (Lipinski definition) is 3. The second-order valence-corrected chi connectivity index (χ2v) is 9.18. The molecule has 4 aromatic heterocycles. The van der Waals surface area contributed by atoms with E-state index in [4.69, 9.17) is 0 Å². The van der Waals surface area contributed by atoms with Gasteiger partial charge < -0.3 is 20.9 Å². The Kier molecular flexibility index (Phi) is 5.74. The van der Waals surface area contributed by atoms with Gasteiger partial charge in [0.1, 0.15) is 17.7 Å². The van der Waals surface area contributed by atoms with Crippen molar-refractivity contribution < 1.29 is 14.0 Å². The molecular weight excluding hydrogens is 493 g/mol. The van der Waals surface area contributed by atoms with E-state index in [9.17, 15) is 18.8 Å². The molecular formula is C25H24FN9O3. The summed E-state index contributed by atoms with van der Waals surface area (Å²) in [5.41, 5.74) is 1.41. The number of anilines is 3. The zero-order chi connectivity index (χ0) is 26.4. The van der Waals surface area contributed by atoms with Gasteiger partial charge in [-0.1, -0.05) is 0 Å². The average Bonchev–Trinajstić information content (AvgIpc) is 3.40. The molecule has 0 radical (unpaired) electrons. The number of rotatable bonds is 7. The van der Waals surface area contributed by atoms with Gasteiger partial charge in [-0.3, -0.25) is 19.0 Å². The Morgan fingerprint density at radius 3 is 2.58 bits per heavy atom. The summed E-state index contributed by atoms with van der Waals surface area (Å²) >= 11 is 0. The second kappa shape index (κ2) is 9.25. The summed E-state index contributed by atoms with van der Waals surface area (Å²) in [4.78, 5) is 48.7. The van der Waals surface area contributed by atoms with Crippen LogP contribution >= 0.6 is 0 Å². The standard InChI is InChI=1S/C25H24FN9O3/c1-27-18-11-20(32-35-19(13-29-22(18)35)23(36)31-17-10-15(17)26)30-16-4-2-9-34(25(16)38)21-6-5-14(12-28-21)24(37)33-7-3-8-33/h2,4-6,9,11-13,15,17,27H,3,7-8,10H2,1H3,(H,30,32)(H,31,36). The molecule has 0 spiro atoms. The SMILES string of the molecule is CNc1cc(Nc2cccn(-c3ccc(C(=O)N4CCC4)cn3)c2=O)nn2c(C(=O)NC3CC3F)cnc12. The molecule has 194 valence electrons. The first-order chi connectivity index (χ1) is 18.4. The van der Waals surface area contributed by atoms with Gasteiger partial charge in [-0.15, -0.1) is 5.10 Å². The zero-order valence-corrected chi connectivity index (χ0v) is 20.4. The first-order valence-electron chi connectivity index (χ1n) is 12.2. The number of carbonyl (C=O) groups is 2. The Morgan fingerprint density at radius 1 is 1.11 bits per heavy atom. The van der Waals surface area contributed by atoms with Crippen molar-refractivity contribution in [1.82, 2.24) is 34.4 Å². The van der Waals surface area contributed by atoms with Crippen LogP contribution in [-0.2, 0) is 0 Å². The van der Waals surface area contributed by atoms with Gasteiger partial charge in [-0.2, -0.15) is 0 Å². The molecule has 1 saturated carbocycles. The predicted molar refractivity (Wildman–Crippen MR) is 137 cm³/mol. The number of carbonyl (C=O) groups excluding carboxylic acids is 2. The largest absolute Gasteiger partial charge is 0.385 e. The van der Waals surface area contributed by atoms with Crippen molar-refractivity contribution in [2.24, 2.45) is 0 Å². The molecule has 1 saturated heterocycles. The monoisotopic (exact) mass is 517 g/mol. The third-order valence-corrected chi connectivity index (χ3v) is 6.59. The quantitative estimate of drug-likeness (QED) is 0.337. The van der Waals surface area contributed by atoms with Crippen molar-refractivity contribution in [2.45, 2.75) is 25.1 Å². The summed E-state index contributed by atoms with van der Waals surface area (Å²) in [5.74, 6) is 0.0764. The van der Waals surface area contributed by atoms with Crippen molar-refractivity contribution in [3.63, 3.8) is 0 Å². The number of aromatic nitrogens is 5. The highest BCUT2D eigenvalue weighted by Gasteiger charge is 2.39. The van der Waals surface area contributed by atoms with Crippen molar-refractivity contribution >= 4 is 34.7 Å². The van der Waals surface area contributed by atoms with Crippen LogP contribution in [0.1, 0.15) is 33.7 Å². The Hall–Kier alpha value is -4.81. The Morgan fingerprint density at radius 2 is 1.92 bits per heavy atom. The van der Waals surface area contributed by atoms with Crippen LogP contribution in [0.25, 0.3) is 11.5 Å². The van der Waals surface area contributed by atoms with E-state index in [2.05, 4.69) is 31.0 Å². The first-order valence-corrected chi connectivity index (χ1v) is 12.2. The van der Waals surface area contributed by atoms with E-state index in [1.807, 2.05) is 0 Å². The lowest BCUT2D eigenvalue weighted by Crippen LogP contribution is -2.42. The van der Waals surface area contributed by atoms with E-state index >= 15 is 0 Å². The van der Waals surface area contributed by atoms with Crippen molar-refractivity contribution in [3.05, 3.63) is 70.5 Å². The summed E-state index contributed by atoms with van der Waals surface area (Å²) < 4.78 is 16.0. The van der Waals surface area contributed by atoms with Gasteiger partial charge in [0, 0.05) is 45.0 Å². The van der Waals surface area contributed by atoms with Gasteiger partial charge in [0.05, 0.1) is 23.5 Å². The molecule has 5 heterocycles. The van der Waals surface area contributed by atoms with Gasteiger partial charge >= 0.3 is 0 Å². The van der Waals surface area contributed by atoms with Crippen LogP contribution in [0.4, 0.5) is 21.6 Å². The lowest BCUT2D eigenvalue weighted by molar-refractivity contribution is 0.0651. The van der Waals surface area contributed by atoms with Gasteiger partial charge in [0.15, 0.2) is 17.2 Å². The van der Waals surface area contributed by atoms with E-state index in [-0.39, 0.29) is 35.1 Å². The average molecular weight is 518 g/mol. The van der Waals surface area contributed by atoms with E-state index in [1.54, 1.807) is 48.5 Å². The number of nitrogens with zero attached hydrogens (tertiary/aromatic N) is 6. The van der Waals surface area contributed by atoms with E-state index in [1.165, 1.54) is 21.5 Å². The van der Waals surface area contributed by atoms with Gasteiger partial charge in [0.25, 0.3) is 17.4 Å². The summed E-state index contributed by atoms with van der Waals surface area (Å²) in [6.45, 7) is 1.49. The number of imidazole rings is 1. The second-order valence-electron chi connectivity index (χ2n) is 9.18. The fourth-order valence-electron chi connectivity index (χ4n) is 4.19. The number of halogens is 1. The maximum absolute atomic E-state index is 13.3. The molecule has 1 aliphatic heterocycles. The molecule has 0 bridgehead atoms. The molecule has 2 amide bonds. The zero-order valence-electron chi connectivity index (χ0n) is 20.4. The molecule has 2 fully saturated rings. The lowest BCUT2D eigenvalue weighted by Gasteiger charge is -2.30. The predicted octanol–water partition coefficient (Wildman–Crippen LogP) is 1.75. The van der Waals surface area contributed by atoms with E-state index in [0.717, 1.165) is 19.5 Å². The molecule has 0 aromatic carbocycles. The minimum atomic E-state index is -1.04. The number of fused-ring (bicyclic) bond motifs is 1. The van der Waals surface area contributed by atoms with E-state index in [0.29, 0.717) is 22.7 Å². The van der Waals surface area contributed by atoms with Crippen LogP contribution in [0.5, 0.6) is 0 Å². The number of likely N-dealkylation sites (tertiary alicyclic amines) is 1. The first kappa shape index (κ1) is 23.6. The van der Waals surface area contributed by atoms with Crippen LogP contribution in [0.3, 0.4) is 0 Å². The molecule has 4 aromatic rings. The Labute approximate surface area is 215 Å². The highest BCUT2D eigenvalue weighted by molar-refractivity contribution is 5.95. The number of hydrogen-bond acceptors (Lipinski definition) is 8. The third-order valence-electron chi connectivity index (χ3n) is 6.59. The fourth-order valence-corrected chi connectivity index (χ4v) is 4.19. The summed E-state index contributed by atoms with van der Waals surface area (Å²) in [7, 11) is 1.70. The molecule has 6 rings (SSSR count). The summed E-state index contributed by atoms with van der Waals surface area (Å²) in [6, 6.07) is 7.72. The molecule has 2 aliphatic rings. The molecule has 2 unspecified atom stereocenters. The minimum Gasteiger partial charge on any atom is -0.385 e. The number of pyridine rings is 2. The summed E-state index contributed by atoms with van der Waals surface area (Å²) in [6.07, 6.45) is 4.67. The van der Waals surface area contributed by atoms with Crippen LogP contribution in [0.2, 0.25) is 0 Å². The minimum absolute atomic E-state index is 0.0749. The highest BCUT2D eigenvalue weighted by atomic mass is 19.1. The smallest absolute Gasteiger partial charge is 0.279 e. The topological polar surface area (TPSA) is 139 Å². The van der Waals surface area contributed by atoms with Crippen LogP contribution in [0.15, 0.2) is 53.7 Å². The van der Waals surface area contributed by atoms with Crippen molar-refractivity contribution in [3.8, 4) is 5.82 Å². The van der Waals surface area contributed by atoms with E-state index < -0.39 is 18.1 Å². The molecule has 1 aliphatic carbocycles. The maximum atomic E-state index is 13.3. The fraction of sp³-hybridized carbons (Fsp3) is 0.280. The van der Waals surface area contributed by atoms with Gasteiger partial charge in [-0.05, 0) is 30.7 Å². The highest BCUT2D eigenvalue weighted by Crippen LogP contribution is 2.26. The van der Waals surface area contributed by atoms with Gasteiger partial charge in [0.2, 0.25) is 0 Å². The molecule has 12 nitrogen and oxygen atoms in total. The van der Waals surface area contributed by atoms with Gasteiger partial charge in [-0.25, -0.2) is 18.9 Å².